The van der Waals surface area contributed by atoms with E-state index in [1.807, 2.05) is 0 Å². The van der Waals surface area contributed by atoms with Gasteiger partial charge in [0.25, 0.3) is 0 Å². The van der Waals surface area contributed by atoms with Crippen molar-refractivity contribution in [2.24, 2.45) is 0 Å². The van der Waals surface area contributed by atoms with Gasteiger partial charge in [-0.25, -0.2) is 9.59 Å². The summed E-state index contributed by atoms with van der Waals surface area (Å²) in [5, 5.41) is 4.70. The van der Waals surface area contributed by atoms with E-state index in [1.165, 1.54) is 28.2 Å². The molecule has 8 heteroatoms. The third-order valence-corrected chi connectivity index (χ3v) is 2.82. The van der Waals surface area contributed by atoms with Crippen LogP contribution in [0.4, 0.5) is 9.59 Å². The first-order valence-corrected chi connectivity index (χ1v) is 6.31. The monoisotopic (exact) mass is 286 g/mol. The average molecular weight is 286 g/mol. The highest BCUT2D eigenvalue weighted by atomic mass is 16.2. The molecule has 0 saturated carbocycles. The van der Waals surface area contributed by atoms with Gasteiger partial charge in [-0.15, -0.1) is 0 Å². The lowest BCUT2D eigenvalue weighted by atomic mass is 10.1. The zero-order valence-corrected chi connectivity index (χ0v) is 12.4. The fourth-order valence-electron chi connectivity index (χ4n) is 1.45. The number of nitrogens with one attached hydrogen (secondary N) is 2. The van der Waals surface area contributed by atoms with Crippen LogP contribution in [-0.2, 0) is 9.59 Å². The normalized spacial score (nSPS) is 9.60. The van der Waals surface area contributed by atoms with Crippen molar-refractivity contribution in [1.29, 1.82) is 0 Å². The van der Waals surface area contributed by atoms with Gasteiger partial charge in [-0.05, 0) is 12.8 Å². The number of hydrogen-bond acceptors (Lipinski definition) is 4. The first-order valence-electron chi connectivity index (χ1n) is 6.31. The second-order valence-electron chi connectivity index (χ2n) is 4.22. The van der Waals surface area contributed by atoms with Gasteiger partial charge in [0, 0.05) is 41.0 Å². The fraction of sp³-hybridized carbons (Fsp3) is 0.667. The summed E-state index contributed by atoms with van der Waals surface area (Å²) in [6.45, 7) is 0. The molecule has 114 valence electrons. The van der Waals surface area contributed by atoms with Gasteiger partial charge >= 0.3 is 12.1 Å². The smallest absolute Gasteiger partial charge is 0.323 e. The van der Waals surface area contributed by atoms with Crippen molar-refractivity contribution in [1.82, 2.24) is 20.4 Å². The standard InChI is InChI=1S/C12H22N4O4/c1-13-11(19)15(3)9(17)7-5-6-8-10(18)16(4)12(20)14-2/h5-8H2,1-4H3,(H,13,19)(H,14,20). The Hall–Kier alpha value is -2.12. The van der Waals surface area contributed by atoms with Gasteiger partial charge in [0.15, 0.2) is 0 Å². The van der Waals surface area contributed by atoms with Gasteiger partial charge in [0.2, 0.25) is 11.8 Å². The Labute approximate surface area is 118 Å². The van der Waals surface area contributed by atoms with Crippen LogP contribution in [0.25, 0.3) is 0 Å². The summed E-state index contributed by atoms with van der Waals surface area (Å²) in [6, 6.07) is -0.934. The van der Waals surface area contributed by atoms with Crippen molar-refractivity contribution in [3.63, 3.8) is 0 Å². The molecule has 0 aromatic heterocycles. The Kier molecular flexibility index (Phi) is 7.95. The molecule has 0 radical (unpaired) electrons. The molecule has 0 atom stereocenters. The molecule has 0 spiro atoms. The molecule has 0 saturated heterocycles. The lowest BCUT2D eigenvalue weighted by Crippen LogP contribution is -2.39. The van der Waals surface area contributed by atoms with Crippen molar-refractivity contribution in [2.75, 3.05) is 28.2 Å². The van der Waals surface area contributed by atoms with E-state index in [1.54, 1.807) is 0 Å². The van der Waals surface area contributed by atoms with E-state index in [4.69, 9.17) is 0 Å². The number of carbonyl (C=O) groups excluding carboxylic acids is 4. The molecule has 20 heavy (non-hydrogen) atoms. The Morgan fingerprint density at radius 3 is 1.30 bits per heavy atom. The van der Waals surface area contributed by atoms with Gasteiger partial charge < -0.3 is 10.6 Å². The molecule has 0 aliphatic heterocycles. The quantitative estimate of drug-likeness (QED) is 0.702. The summed E-state index contributed by atoms with van der Waals surface area (Å²) in [5.74, 6) is -0.618. The van der Waals surface area contributed by atoms with Crippen molar-refractivity contribution >= 4 is 23.9 Å². The number of nitrogens with zero attached hydrogens (tertiary/aromatic N) is 2. The minimum atomic E-state index is -0.467. The molecular weight excluding hydrogens is 264 g/mol. The zero-order chi connectivity index (χ0) is 15.7. The fourth-order valence-corrected chi connectivity index (χ4v) is 1.45. The van der Waals surface area contributed by atoms with Crippen LogP contribution in [0.5, 0.6) is 0 Å². The van der Waals surface area contributed by atoms with Crippen LogP contribution < -0.4 is 10.6 Å². The van der Waals surface area contributed by atoms with Crippen LogP contribution in [0, 0.1) is 0 Å². The summed E-state index contributed by atoms with van der Waals surface area (Å²) in [5.41, 5.74) is 0. The van der Waals surface area contributed by atoms with Crippen molar-refractivity contribution in [3.8, 4) is 0 Å². The van der Waals surface area contributed by atoms with Crippen LogP contribution in [0.3, 0.4) is 0 Å². The molecule has 0 aliphatic carbocycles. The molecule has 8 nitrogen and oxygen atoms in total. The van der Waals surface area contributed by atoms with Crippen LogP contribution >= 0.6 is 0 Å². The Morgan fingerprint density at radius 1 is 0.750 bits per heavy atom. The number of unbranched alkanes of at least 4 members (excludes halogenated alkanes) is 1. The summed E-state index contributed by atoms with van der Waals surface area (Å²) in [4.78, 5) is 47.5. The van der Waals surface area contributed by atoms with Gasteiger partial charge in [0.1, 0.15) is 0 Å². The Balaban J connectivity index is 3.97. The Bertz CT molecular complexity index is 348. The van der Waals surface area contributed by atoms with E-state index in [2.05, 4.69) is 10.6 Å². The van der Waals surface area contributed by atoms with E-state index >= 15 is 0 Å². The maximum Gasteiger partial charge on any atom is 0.323 e. The highest BCUT2D eigenvalue weighted by molar-refractivity contribution is 5.94. The van der Waals surface area contributed by atoms with Crippen LogP contribution in [0.15, 0.2) is 0 Å². The molecule has 0 aromatic rings. The highest BCUT2D eigenvalue weighted by Crippen LogP contribution is 2.05. The van der Waals surface area contributed by atoms with Crippen LogP contribution in [-0.4, -0.2) is 61.9 Å². The summed E-state index contributed by atoms with van der Waals surface area (Å²) >= 11 is 0. The molecule has 0 heterocycles. The highest BCUT2D eigenvalue weighted by Gasteiger charge is 2.17. The number of amides is 6. The maximum absolute atomic E-state index is 11.6. The second-order valence-corrected chi connectivity index (χ2v) is 4.22. The summed E-state index contributed by atoms with van der Waals surface area (Å²) in [6.07, 6.45) is 1.32. The first-order chi connectivity index (χ1) is 9.34. The molecule has 0 aromatic carbocycles. The SMILES string of the molecule is CNC(=O)N(C)C(=O)CCCCC(=O)N(C)C(=O)NC. The molecule has 0 unspecified atom stereocenters. The predicted molar refractivity (Wildman–Crippen MR) is 72.9 cm³/mol. The van der Waals surface area contributed by atoms with Crippen molar-refractivity contribution in [2.45, 2.75) is 25.7 Å². The first kappa shape index (κ1) is 17.9. The molecule has 6 amide bonds. The molecule has 0 fully saturated rings. The predicted octanol–water partition coefficient (Wildman–Crippen LogP) is 0.142. The van der Waals surface area contributed by atoms with Gasteiger partial charge in [0.05, 0.1) is 0 Å². The number of imide groups is 2. The molecule has 2 N–H and O–H groups in total. The lowest BCUT2D eigenvalue weighted by molar-refractivity contribution is -0.129. The summed E-state index contributed by atoms with van der Waals surface area (Å²) < 4.78 is 0. The van der Waals surface area contributed by atoms with Crippen LogP contribution in [0.2, 0.25) is 0 Å². The number of urea groups is 2. The molecular formula is C12H22N4O4. The lowest BCUT2D eigenvalue weighted by Gasteiger charge is -2.15. The van der Waals surface area contributed by atoms with Crippen molar-refractivity contribution in [3.05, 3.63) is 0 Å². The second kappa shape index (κ2) is 8.89. The van der Waals surface area contributed by atoms with Gasteiger partial charge in [-0.3, -0.25) is 19.4 Å². The number of hydrogen-bond donors (Lipinski definition) is 2. The van der Waals surface area contributed by atoms with Crippen LogP contribution in [0.1, 0.15) is 25.7 Å². The van der Waals surface area contributed by atoms with Gasteiger partial charge in [-0.2, -0.15) is 0 Å². The number of carbonyl (C=O) groups is 4. The van der Waals surface area contributed by atoms with E-state index in [9.17, 15) is 19.2 Å². The minimum absolute atomic E-state index is 0.181. The molecule has 0 rings (SSSR count). The molecule has 0 bridgehead atoms. The maximum atomic E-state index is 11.6. The van der Waals surface area contributed by atoms with E-state index in [0.717, 1.165) is 9.80 Å². The topological polar surface area (TPSA) is 98.8 Å². The summed E-state index contributed by atoms with van der Waals surface area (Å²) in [7, 11) is 5.68. The van der Waals surface area contributed by atoms with E-state index < -0.39 is 12.1 Å². The largest absolute Gasteiger partial charge is 0.341 e. The van der Waals surface area contributed by atoms with E-state index in [0.29, 0.717) is 12.8 Å². The average Bonchev–Trinajstić information content (AvgIpc) is 2.47. The third kappa shape index (κ3) is 5.68. The van der Waals surface area contributed by atoms with E-state index in [-0.39, 0.29) is 24.7 Å². The molecule has 0 aliphatic rings. The number of rotatable bonds is 5. The Morgan fingerprint density at radius 2 is 1.05 bits per heavy atom. The third-order valence-electron chi connectivity index (χ3n) is 2.82. The minimum Gasteiger partial charge on any atom is -0.341 e. The van der Waals surface area contributed by atoms with Crippen molar-refractivity contribution < 1.29 is 19.2 Å². The zero-order valence-electron chi connectivity index (χ0n) is 12.4. The van der Waals surface area contributed by atoms with Gasteiger partial charge in [-0.1, -0.05) is 0 Å².